The molecule has 3 heteroatoms. The van der Waals surface area contributed by atoms with Gasteiger partial charge in [0.1, 0.15) is 0 Å². The fourth-order valence-electron chi connectivity index (χ4n) is 2.68. The molecule has 1 heterocycles. The molecule has 0 spiro atoms. The third kappa shape index (κ3) is 2.10. The van der Waals surface area contributed by atoms with Crippen molar-refractivity contribution in [2.45, 2.75) is 50.3 Å². The summed E-state index contributed by atoms with van der Waals surface area (Å²) in [5.41, 5.74) is 0. The van der Waals surface area contributed by atoms with E-state index in [0.29, 0.717) is 12.6 Å². The maximum atomic E-state index is 9.88. The van der Waals surface area contributed by atoms with Gasteiger partial charge in [0.25, 0.3) is 0 Å². The summed E-state index contributed by atoms with van der Waals surface area (Å²) in [4.78, 5) is 2.34. The third-order valence-corrected chi connectivity index (χ3v) is 3.71. The molecular formula is C11H21NO2. The van der Waals surface area contributed by atoms with Gasteiger partial charge in [0.2, 0.25) is 0 Å². The number of aliphatic hydroxyl groups excluding tert-OH is 1. The van der Waals surface area contributed by atoms with Crippen LogP contribution >= 0.6 is 0 Å². The molecule has 1 aliphatic heterocycles. The van der Waals surface area contributed by atoms with Gasteiger partial charge in [0.15, 0.2) is 0 Å². The van der Waals surface area contributed by atoms with Crippen LogP contribution in [0.5, 0.6) is 0 Å². The summed E-state index contributed by atoms with van der Waals surface area (Å²) in [6.07, 6.45) is 5.88. The van der Waals surface area contributed by atoms with Crippen molar-refractivity contribution in [3.8, 4) is 0 Å². The second-order valence-electron chi connectivity index (χ2n) is 4.60. The molecule has 1 saturated carbocycles. The summed E-state index contributed by atoms with van der Waals surface area (Å²) < 4.78 is 5.43. The number of rotatable bonds is 2. The van der Waals surface area contributed by atoms with Crippen molar-refractivity contribution >= 4 is 0 Å². The largest absolute Gasteiger partial charge is 0.391 e. The molecule has 0 bridgehead atoms. The quantitative estimate of drug-likeness (QED) is 0.720. The maximum Gasteiger partial charge on any atom is 0.0739 e. The highest BCUT2D eigenvalue weighted by molar-refractivity contribution is 4.86. The Labute approximate surface area is 86.0 Å². The van der Waals surface area contributed by atoms with Gasteiger partial charge in [-0.3, -0.25) is 4.90 Å². The smallest absolute Gasteiger partial charge is 0.0739 e. The van der Waals surface area contributed by atoms with Crippen LogP contribution in [0, 0.1) is 0 Å². The normalized spacial score (nSPS) is 35.4. The van der Waals surface area contributed by atoms with E-state index < -0.39 is 0 Å². The van der Waals surface area contributed by atoms with Crippen LogP contribution in [0.1, 0.15) is 32.1 Å². The van der Waals surface area contributed by atoms with Gasteiger partial charge in [0.05, 0.1) is 18.8 Å². The Bertz CT molecular complexity index is 180. The van der Waals surface area contributed by atoms with E-state index in [-0.39, 0.29) is 12.1 Å². The number of ether oxygens (including phenoxy) is 1. The monoisotopic (exact) mass is 199 g/mol. The van der Waals surface area contributed by atoms with Crippen LogP contribution in [0.25, 0.3) is 0 Å². The Balaban J connectivity index is 1.91. The van der Waals surface area contributed by atoms with Crippen molar-refractivity contribution < 1.29 is 9.84 Å². The molecule has 3 nitrogen and oxygen atoms in total. The molecule has 0 aromatic carbocycles. The lowest BCUT2D eigenvalue weighted by atomic mass is 10.0. The first kappa shape index (κ1) is 10.4. The molecule has 0 amide bonds. The number of nitrogens with zero attached hydrogens (tertiary/aromatic N) is 1. The van der Waals surface area contributed by atoms with Crippen LogP contribution < -0.4 is 0 Å². The van der Waals surface area contributed by atoms with Crippen LogP contribution in [0.3, 0.4) is 0 Å². The summed E-state index contributed by atoms with van der Waals surface area (Å²) in [5.74, 6) is 0. The van der Waals surface area contributed by atoms with Gasteiger partial charge in [-0.15, -0.1) is 0 Å². The highest BCUT2D eigenvalue weighted by atomic mass is 16.5. The fraction of sp³-hybridized carbons (Fsp3) is 1.00. The van der Waals surface area contributed by atoms with E-state index in [0.717, 1.165) is 13.0 Å². The molecule has 1 aliphatic carbocycles. The summed E-state index contributed by atoms with van der Waals surface area (Å²) in [6.45, 7) is 1.42. The zero-order chi connectivity index (χ0) is 9.97. The summed E-state index contributed by atoms with van der Waals surface area (Å²) in [5, 5.41) is 9.88. The van der Waals surface area contributed by atoms with Crippen molar-refractivity contribution in [3.63, 3.8) is 0 Å². The van der Waals surface area contributed by atoms with Gasteiger partial charge >= 0.3 is 0 Å². The van der Waals surface area contributed by atoms with Crippen LogP contribution in [0.4, 0.5) is 0 Å². The zero-order valence-electron chi connectivity index (χ0n) is 8.98. The van der Waals surface area contributed by atoms with Crippen molar-refractivity contribution in [1.82, 2.24) is 4.90 Å². The van der Waals surface area contributed by atoms with Gasteiger partial charge in [0, 0.05) is 12.6 Å². The van der Waals surface area contributed by atoms with Gasteiger partial charge in [-0.05, 0) is 26.3 Å². The first-order chi connectivity index (χ1) is 6.79. The Hall–Kier alpha value is -0.120. The van der Waals surface area contributed by atoms with Gasteiger partial charge in [-0.1, -0.05) is 12.8 Å². The van der Waals surface area contributed by atoms with Crippen molar-refractivity contribution in [2.75, 3.05) is 20.3 Å². The second kappa shape index (κ2) is 4.60. The summed E-state index contributed by atoms with van der Waals surface area (Å²) >= 11 is 0. The third-order valence-electron chi connectivity index (χ3n) is 3.71. The van der Waals surface area contributed by atoms with Crippen LogP contribution in [-0.4, -0.2) is 48.5 Å². The first-order valence-corrected chi connectivity index (χ1v) is 5.77. The average molecular weight is 199 g/mol. The molecule has 14 heavy (non-hydrogen) atoms. The number of hydrogen-bond acceptors (Lipinski definition) is 3. The van der Waals surface area contributed by atoms with E-state index >= 15 is 0 Å². The predicted octanol–water partition coefficient (Wildman–Crippen LogP) is 1.01. The van der Waals surface area contributed by atoms with Crippen molar-refractivity contribution in [1.29, 1.82) is 0 Å². The average Bonchev–Trinajstić information content (AvgIpc) is 2.70. The summed E-state index contributed by atoms with van der Waals surface area (Å²) in [6, 6.07) is 0.906. The molecule has 1 N–H and O–H groups in total. The highest BCUT2D eigenvalue weighted by Crippen LogP contribution is 2.26. The topological polar surface area (TPSA) is 32.7 Å². The van der Waals surface area contributed by atoms with E-state index in [2.05, 4.69) is 11.9 Å². The lowest BCUT2D eigenvalue weighted by Gasteiger charge is -2.38. The van der Waals surface area contributed by atoms with E-state index in [1.807, 2.05) is 0 Å². The van der Waals surface area contributed by atoms with E-state index in [1.54, 1.807) is 0 Å². The maximum absolute atomic E-state index is 9.88. The number of hydrogen-bond donors (Lipinski definition) is 1. The standard InChI is InChI=1S/C11H21NO2/c1-12(9-4-2-3-5-9)10-8-14-7-6-11(10)13/h9-11,13H,2-8H2,1H3. The fourth-order valence-corrected chi connectivity index (χ4v) is 2.68. The molecule has 0 aromatic heterocycles. The number of likely N-dealkylation sites (N-methyl/N-ethyl adjacent to an activating group) is 1. The van der Waals surface area contributed by atoms with Crippen molar-refractivity contribution in [3.05, 3.63) is 0 Å². The van der Waals surface area contributed by atoms with Crippen LogP contribution in [0.2, 0.25) is 0 Å². The molecule has 1 saturated heterocycles. The molecule has 2 unspecified atom stereocenters. The first-order valence-electron chi connectivity index (χ1n) is 5.77. The molecule has 82 valence electrons. The van der Waals surface area contributed by atoms with Crippen molar-refractivity contribution in [2.24, 2.45) is 0 Å². The van der Waals surface area contributed by atoms with Gasteiger partial charge in [-0.2, -0.15) is 0 Å². The lowest BCUT2D eigenvalue weighted by molar-refractivity contribution is -0.0643. The summed E-state index contributed by atoms with van der Waals surface area (Å²) in [7, 11) is 2.14. The zero-order valence-corrected chi connectivity index (χ0v) is 8.98. The Morgan fingerprint density at radius 3 is 2.57 bits per heavy atom. The number of aliphatic hydroxyl groups is 1. The molecule has 2 fully saturated rings. The molecule has 2 aliphatic rings. The lowest BCUT2D eigenvalue weighted by Crippen LogP contribution is -2.51. The van der Waals surface area contributed by atoms with Gasteiger partial charge < -0.3 is 9.84 Å². The SMILES string of the molecule is CN(C1CCCC1)C1COCCC1O. The van der Waals surface area contributed by atoms with Crippen LogP contribution in [-0.2, 0) is 4.74 Å². The molecular weight excluding hydrogens is 178 g/mol. The molecule has 2 rings (SSSR count). The van der Waals surface area contributed by atoms with E-state index in [4.69, 9.17) is 4.74 Å². The Kier molecular flexibility index (Phi) is 3.42. The predicted molar refractivity (Wildman–Crippen MR) is 55.2 cm³/mol. The molecule has 0 aromatic rings. The van der Waals surface area contributed by atoms with E-state index in [9.17, 15) is 5.11 Å². The second-order valence-corrected chi connectivity index (χ2v) is 4.60. The minimum absolute atomic E-state index is 0.186. The van der Waals surface area contributed by atoms with E-state index in [1.165, 1.54) is 25.7 Å². The van der Waals surface area contributed by atoms with Gasteiger partial charge in [-0.25, -0.2) is 0 Å². The minimum atomic E-state index is -0.186. The Morgan fingerprint density at radius 1 is 1.21 bits per heavy atom. The molecule has 2 atom stereocenters. The Morgan fingerprint density at radius 2 is 1.93 bits per heavy atom. The highest BCUT2D eigenvalue weighted by Gasteiger charge is 2.32. The van der Waals surface area contributed by atoms with Crippen LogP contribution in [0.15, 0.2) is 0 Å². The molecule has 0 radical (unpaired) electrons. The minimum Gasteiger partial charge on any atom is -0.391 e.